The number of hydrogen-bond acceptors (Lipinski definition) is 5. The first kappa shape index (κ1) is 11.2. The normalized spacial score (nSPS) is 9.65. The first-order valence-electron chi connectivity index (χ1n) is 4.74. The SMILES string of the molecule is N#Cc1ccccc1Nc1ncnc(Cl)c1N. The van der Waals surface area contributed by atoms with E-state index in [9.17, 15) is 0 Å². The van der Waals surface area contributed by atoms with Crippen LogP contribution in [-0.2, 0) is 0 Å². The van der Waals surface area contributed by atoms with Crippen molar-refractivity contribution in [1.29, 1.82) is 5.26 Å². The molecule has 0 bridgehead atoms. The summed E-state index contributed by atoms with van der Waals surface area (Å²) in [4.78, 5) is 7.72. The highest BCUT2D eigenvalue weighted by molar-refractivity contribution is 6.32. The van der Waals surface area contributed by atoms with Crippen LogP contribution in [0.1, 0.15) is 5.56 Å². The number of para-hydroxylation sites is 1. The standard InChI is InChI=1S/C11H8ClN5/c12-10-9(14)11(16-6-15-10)17-8-4-2-1-3-7(8)5-13/h1-4,6H,14H2,(H,15,16,17). The quantitative estimate of drug-likeness (QED) is 0.793. The third-order valence-electron chi connectivity index (χ3n) is 2.14. The van der Waals surface area contributed by atoms with Gasteiger partial charge in [0.05, 0.1) is 11.3 Å². The van der Waals surface area contributed by atoms with Gasteiger partial charge >= 0.3 is 0 Å². The van der Waals surface area contributed by atoms with Crippen molar-refractivity contribution in [2.45, 2.75) is 0 Å². The van der Waals surface area contributed by atoms with Crippen LogP contribution in [0.3, 0.4) is 0 Å². The number of nitrogens with two attached hydrogens (primary N) is 1. The zero-order valence-electron chi connectivity index (χ0n) is 8.68. The minimum absolute atomic E-state index is 0.178. The molecule has 1 aromatic carbocycles. The Balaban J connectivity index is 2.39. The molecule has 3 N–H and O–H groups in total. The van der Waals surface area contributed by atoms with E-state index in [1.165, 1.54) is 6.33 Å². The maximum Gasteiger partial charge on any atom is 0.158 e. The minimum Gasteiger partial charge on any atom is -0.393 e. The number of nitrogens with zero attached hydrogens (tertiary/aromatic N) is 3. The Morgan fingerprint density at radius 1 is 1.29 bits per heavy atom. The third-order valence-corrected chi connectivity index (χ3v) is 2.44. The van der Waals surface area contributed by atoms with Gasteiger partial charge in [0.2, 0.25) is 0 Å². The van der Waals surface area contributed by atoms with Gasteiger partial charge in [-0.1, -0.05) is 23.7 Å². The van der Waals surface area contributed by atoms with Crippen LogP contribution in [0.2, 0.25) is 5.15 Å². The number of anilines is 3. The number of nitrogen functional groups attached to an aromatic ring is 1. The van der Waals surface area contributed by atoms with Crippen molar-refractivity contribution >= 4 is 28.8 Å². The van der Waals surface area contributed by atoms with Crippen molar-refractivity contribution in [3.63, 3.8) is 0 Å². The van der Waals surface area contributed by atoms with Gasteiger partial charge < -0.3 is 11.1 Å². The van der Waals surface area contributed by atoms with Gasteiger partial charge in [-0.15, -0.1) is 0 Å². The summed E-state index contributed by atoms with van der Waals surface area (Å²) in [6.45, 7) is 0. The van der Waals surface area contributed by atoms with Crippen LogP contribution in [0, 0.1) is 11.3 Å². The number of benzene rings is 1. The van der Waals surface area contributed by atoms with Gasteiger partial charge in [-0.05, 0) is 12.1 Å². The predicted molar refractivity (Wildman–Crippen MR) is 65.9 cm³/mol. The van der Waals surface area contributed by atoms with Crippen LogP contribution in [-0.4, -0.2) is 9.97 Å². The van der Waals surface area contributed by atoms with Gasteiger partial charge in [0, 0.05) is 0 Å². The molecule has 0 saturated carbocycles. The number of nitriles is 1. The van der Waals surface area contributed by atoms with Crippen LogP contribution in [0.25, 0.3) is 0 Å². The summed E-state index contributed by atoms with van der Waals surface area (Å²) in [5.41, 5.74) is 7.09. The molecule has 0 aliphatic carbocycles. The molecule has 0 amide bonds. The lowest BCUT2D eigenvalue weighted by Crippen LogP contribution is -2.02. The molecule has 0 aliphatic heterocycles. The van der Waals surface area contributed by atoms with Crippen molar-refractivity contribution in [3.05, 3.63) is 41.3 Å². The summed E-state index contributed by atoms with van der Waals surface area (Å²) in [5.74, 6) is 0.382. The van der Waals surface area contributed by atoms with E-state index in [0.29, 0.717) is 17.1 Å². The van der Waals surface area contributed by atoms with E-state index >= 15 is 0 Å². The second-order valence-electron chi connectivity index (χ2n) is 3.21. The van der Waals surface area contributed by atoms with Gasteiger partial charge in [-0.2, -0.15) is 5.26 Å². The molecule has 17 heavy (non-hydrogen) atoms. The zero-order valence-corrected chi connectivity index (χ0v) is 9.44. The van der Waals surface area contributed by atoms with E-state index < -0.39 is 0 Å². The minimum atomic E-state index is 0.178. The molecule has 5 nitrogen and oxygen atoms in total. The topological polar surface area (TPSA) is 87.6 Å². The van der Waals surface area contributed by atoms with Gasteiger partial charge in [0.25, 0.3) is 0 Å². The summed E-state index contributed by atoms with van der Waals surface area (Å²) in [6, 6.07) is 9.11. The molecule has 0 spiro atoms. The summed E-state index contributed by atoms with van der Waals surface area (Å²) in [6.07, 6.45) is 1.30. The van der Waals surface area contributed by atoms with E-state index in [-0.39, 0.29) is 10.8 Å². The van der Waals surface area contributed by atoms with E-state index in [4.69, 9.17) is 22.6 Å². The van der Waals surface area contributed by atoms with Crippen molar-refractivity contribution in [1.82, 2.24) is 9.97 Å². The van der Waals surface area contributed by atoms with Crippen LogP contribution in [0.15, 0.2) is 30.6 Å². The summed E-state index contributed by atoms with van der Waals surface area (Å²) in [5, 5.41) is 12.1. The molecule has 1 aromatic heterocycles. The molecular formula is C11H8ClN5. The lowest BCUT2D eigenvalue weighted by Gasteiger charge is -2.09. The van der Waals surface area contributed by atoms with Crippen molar-refractivity contribution in [3.8, 4) is 6.07 Å². The second-order valence-corrected chi connectivity index (χ2v) is 3.57. The van der Waals surface area contributed by atoms with Gasteiger partial charge in [-0.3, -0.25) is 0 Å². The maximum atomic E-state index is 8.94. The molecule has 0 aliphatic rings. The average molecular weight is 246 g/mol. The average Bonchev–Trinajstić information content (AvgIpc) is 2.35. The van der Waals surface area contributed by atoms with Crippen molar-refractivity contribution < 1.29 is 0 Å². The molecule has 1 heterocycles. The summed E-state index contributed by atoms with van der Waals surface area (Å²) < 4.78 is 0. The Morgan fingerprint density at radius 2 is 2.06 bits per heavy atom. The Hall–Kier alpha value is -2.32. The third kappa shape index (κ3) is 2.27. The Kier molecular flexibility index (Phi) is 3.08. The summed E-state index contributed by atoms with van der Waals surface area (Å²) in [7, 11) is 0. The molecule has 0 saturated heterocycles. The number of hydrogen-bond donors (Lipinski definition) is 2. The van der Waals surface area contributed by atoms with E-state index in [1.54, 1.807) is 18.2 Å². The second kappa shape index (κ2) is 4.68. The Labute approximate surface area is 103 Å². The van der Waals surface area contributed by atoms with Crippen LogP contribution in [0.5, 0.6) is 0 Å². The number of nitrogens with one attached hydrogen (secondary N) is 1. The number of rotatable bonds is 2. The smallest absolute Gasteiger partial charge is 0.158 e. The zero-order chi connectivity index (χ0) is 12.3. The van der Waals surface area contributed by atoms with Gasteiger partial charge in [0.1, 0.15) is 18.1 Å². The van der Waals surface area contributed by atoms with Crippen LogP contribution < -0.4 is 11.1 Å². The largest absolute Gasteiger partial charge is 0.393 e. The van der Waals surface area contributed by atoms with Gasteiger partial charge in [-0.25, -0.2) is 9.97 Å². The number of halogens is 1. The Morgan fingerprint density at radius 3 is 2.82 bits per heavy atom. The fraction of sp³-hybridized carbons (Fsp3) is 0. The molecule has 0 radical (unpaired) electrons. The van der Waals surface area contributed by atoms with Crippen molar-refractivity contribution in [2.75, 3.05) is 11.1 Å². The highest BCUT2D eigenvalue weighted by Gasteiger charge is 2.08. The fourth-order valence-electron chi connectivity index (χ4n) is 1.29. The predicted octanol–water partition coefficient (Wildman–Crippen LogP) is 2.33. The monoisotopic (exact) mass is 245 g/mol. The molecule has 0 atom stereocenters. The lowest BCUT2D eigenvalue weighted by atomic mass is 10.2. The van der Waals surface area contributed by atoms with Crippen LogP contribution in [0.4, 0.5) is 17.2 Å². The molecule has 6 heteroatoms. The van der Waals surface area contributed by atoms with Gasteiger partial charge in [0.15, 0.2) is 11.0 Å². The highest BCUT2D eigenvalue weighted by atomic mass is 35.5. The lowest BCUT2D eigenvalue weighted by molar-refractivity contribution is 1.17. The molecule has 2 rings (SSSR count). The van der Waals surface area contributed by atoms with E-state index in [0.717, 1.165) is 0 Å². The molecule has 2 aromatic rings. The molecular weight excluding hydrogens is 238 g/mol. The van der Waals surface area contributed by atoms with E-state index in [1.807, 2.05) is 6.07 Å². The van der Waals surface area contributed by atoms with E-state index in [2.05, 4.69) is 21.4 Å². The maximum absolute atomic E-state index is 8.94. The fourth-order valence-corrected chi connectivity index (χ4v) is 1.42. The van der Waals surface area contributed by atoms with Crippen LogP contribution >= 0.6 is 11.6 Å². The summed E-state index contributed by atoms with van der Waals surface area (Å²) >= 11 is 5.77. The first-order chi connectivity index (χ1) is 8.22. The Bertz CT molecular complexity index is 591. The first-order valence-corrected chi connectivity index (χ1v) is 5.12. The van der Waals surface area contributed by atoms with Crippen molar-refractivity contribution in [2.24, 2.45) is 0 Å². The molecule has 0 unspecified atom stereocenters. The highest BCUT2D eigenvalue weighted by Crippen LogP contribution is 2.26. The molecule has 84 valence electrons. The molecule has 0 fully saturated rings. The number of aromatic nitrogens is 2.